The van der Waals surface area contributed by atoms with Gasteiger partial charge < -0.3 is 14.4 Å². The average Bonchev–Trinajstić information content (AvgIpc) is 3.08. The van der Waals surface area contributed by atoms with E-state index < -0.39 is 0 Å². The van der Waals surface area contributed by atoms with Gasteiger partial charge in [-0.1, -0.05) is 13.8 Å². The maximum absolute atomic E-state index is 12.7. The Morgan fingerprint density at radius 1 is 1.39 bits per heavy atom. The molecule has 0 spiro atoms. The van der Waals surface area contributed by atoms with E-state index in [0.29, 0.717) is 11.7 Å². The van der Waals surface area contributed by atoms with Crippen molar-refractivity contribution in [1.82, 2.24) is 9.88 Å². The summed E-state index contributed by atoms with van der Waals surface area (Å²) < 4.78 is 5.45. The second-order valence-electron chi connectivity index (χ2n) is 6.13. The van der Waals surface area contributed by atoms with Gasteiger partial charge in [-0.15, -0.1) is 11.3 Å². The first-order chi connectivity index (χ1) is 10.8. The predicted molar refractivity (Wildman–Crippen MR) is 90.8 cm³/mol. The van der Waals surface area contributed by atoms with E-state index in [0.717, 1.165) is 21.1 Å². The molecule has 126 valence electrons. The van der Waals surface area contributed by atoms with Gasteiger partial charge in [0.1, 0.15) is 12.4 Å². The van der Waals surface area contributed by atoms with Crippen LogP contribution in [0.2, 0.25) is 0 Å². The third-order valence-electron chi connectivity index (χ3n) is 3.94. The summed E-state index contributed by atoms with van der Waals surface area (Å²) >= 11 is 1.65. The summed E-state index contributed by atoms with van der Waals surface area (Å²) in [6.07, 6.45) is 0. The van der Waals surface area contributed by atoms with Crippen LogP contribution in [0.15, 0.2) is 10.5 Å². The van der Waals surface area contributed by atoms with Crippen LogP contribution in [0.3, 0.4) is 0 Å². The highest BCUT2D eigenvalue weighted by molar-refractivity contribution is 7.11. The van der Waals surface area contributed by atoms with E-state index in [9.17, 15) is 4.79 Å². The van der Waals surface area contributed by atoms with Crippen molar-refractivity contribution < 1.29 is 14.3 Å². The number of furan rings is 1. The largest absolute Gasteiger partial charge is 0.453 e. The van der Waals surface area contributed by atoms with E-state index in [-0.39, 0.29) is 24.3 Å². The summed E-state index contributed by atoms with van der Waals surface area (Å²) in [5.41, 5.74) is 1.71. The summed E-state index contributed by atoms with van der Waals surface area (Å²) in [6, 6.07) is 1.61. The smallest absolute Gasteiger partial charge is 0.290 e. The minimum absolute atomic E-state index is 0.0884. The second kappa shape index (κ2) is 6.84. The average molecular weight is 336 g/mol. The maximum atomic E-state index is 12.7. The first-order valence-electron chi connectivity index (χ1n) is 7.70. The lowest BCUT2D eigenvalue weighted by Crippen LogP contribution is -2.29. The minimum atomic E-state index is -0.209. The number of amides is 1. The van der Waals surface area contributed by atoms with Gasteiger partial charge in [0.2, 0.25) is 0 Å². The van der Waals surface area contributed by atoms with E-state index in [1.807, 2.05) is 20.8 Å². The SMILES string of the molecule is Cc1cc(CO)oc1C(=O)N(C)C(C)c1sc(C(C)C)nc1C. The summed E-state index contributed by atoms with van der Waals surface area (Å²) in [5, 5.41) is 10.2. The molecule has 5 nitrogen and oxygen atoms in total. The predicted octanol–water partition coefficient (Wildman–Crippen LogP) is 3.80. The number of nitrogens with zero attached hydrogens (tertiary/aromatic N) is 2. The molecule has 0 aromatic carbocycles. The topological polar surface area (TPSA) is 66.6 Å². The molecule has 1 atom stereocenters. The van der Waals surface area contributed by atoms with Gasteiger partial charge in [0, 0.05) is 23.4 Å². The standard InChI is InChI=1S/C17H24N2O3S/c1-9(2)16-18-11(4)15(23-16)12(5)19(6)17(21)14-10(3)7-13(8-20)22-14/h7,9,12,20H,8H2,1-6H3. The maximum Gasteiger partial charge on any atom is 0.290 e. The molecule has 23 heavy (non-hydrogen) atoms. The van der Waals surface area contributed by atoms with E-state index in [1.165, 1.54) is 0 Å². The Kier molecular flexibility index (Phi) is 5.26. The molecule has 2 aromatic heterocycles. The Hall–Kier alpha value is -1.66. The van der Waals surface area contributed by atoms with Crippen LogP contribution in [0, 0.1) is 13.8 Å². The second-order valence-corrected chi connectivity index (χ2v) is 7.19. The number of aromatic nitrogens is 1. The Bertz CT molecular complexity index is 703. The normalized spacial score (nSPS) is 12.7. The Morgan fingerprint density at radius 3 is 2.52 bits per heavy atom. The number of aryl methyl sites for hydroxylation is 2. The molecule has 1 N–H and O–H groups in total. The van der Waals surface area contributed by atoms with E-state index >= 15 is 0 Å². The molecule has 0 saturated heterocycles. The summed E-state index contributed by atoms with van der Waals surface area (Å²) in [4.78, 5) is 20.1. The van der Waals surface area contributed by atoms with Crippen molar-refractivity contribution in [1.29, 1.82) is 0 Å². The van der Waals surface area contributed by atoms with Gasteiger partial charge in [0.25, 0.3) is 5.91 Å². The molecule has 0 fully saturated rings. The third kappa shape index (κ3) is 3.48. The molecule has 2 heterocycles. The Labute approximate surface area is 141 Å². The number of aliphatic hydroxyl groups excluding tert-OH is 1. The fourth-order valence-electron chi connectivity index (χ4n) is 2.41. The molecular formula is C17H24N2O3S. The van der Waals surface area contributed by atoms with Gasteiger partial charge in [-0.3, -0.25) is 4.79 Å². The first-order valence-corrected chi connectivity index (χ1v) is 8.52. The van der Waals surface area contributed by atoms with E-state index in [4.69, 9.17) is 9.52 Å². The summed E-state index contributed by atoms with van der Waals surface area (Å²) in [6.45, 7) is 9.80. The van der Waals surface area contributed by atoms with Crippen LogP contribution in [0.5, 0.6) is 0 Å². The molecule has 0 aliphatic rings. The van der Waals surface area contributed by atoms with Crippen LogP contribution < -0.4 is 0 Å². The van der Waals surface area contributed by atoms with Crippen LogP contribution >= 0.6 is 11.3 Å². The number of hydrogen-bond acceptors (Lipinski definition) is 5. The van der Waals surface area contributed by atoms with E-state index in [1.54, 1.807) is 29.4 Å². The van der Waals surface area contributed by atoms with Crippen molar-refractivity contribution in [3.63, 3.8) is 0 Å². The monoisotopic (exact) mass is 336 g/mol. The lowest BCUT2D eigenvalue weighted by Gasteiger charge is -2.23. The zero-order valence-corrected chi connectivity index (χ0v) is 15.3. The van der Waals surface area contributed by atoms with Gasteiger partial charge >= 0.3 is 0 Å². The fourth-order valence-corrected chi connectivity index (χ4v) is 3.58. The van der Waals surface area contributed by atoms with Gasteiger partial charge in [0.15, 0.2) is 5.76 Å². The van der Waals surface area contributed by atoms with Crippen molar-refractivity contribution in [2.45, 2.75) is 53.2 Å². The zero-order valence-electron chi connectivity index (χ0n) is 14.5. The molecule has 0 aliphatic carbocycles. The quantitative estimate of drug-likeness (QED) is 0.902. The summed E-state index contributed by atoms with van der Waals surface area (Å²) in [7, 11) is 1.77. The Balaban J connectivity index is 2.26. The molecular weight excluding hydrogens is 312 g/mol. The molecule has 6 heteroatoms. The lowest BCUT2D eigenvalue weighted by atomic mass is 10.2. The van der Waals surface area contributed by atoms with Crippen LogP contribution in [0.4, 0.5) is 0 Å². The molecule has 2 aromatic rings. The highest BCUT2D eigenvalue weighted by Crippen LogP contribution is 2.32. The van der Waals surface area contributed by atoms with Crippen LogP contribution in [-0.2, 0) is 6.61 Å². The van der Waals surface area contributed by atoms with Crippen molar-refractivity contribution in [3.05, 3.63) is 38.7 Å². The van der Waals surface area contributed by atoms with Gasteiger partial charge in [-0.05, 0) is 26.8 Å². The molecule has 1 unspecified atom stereocenters. The number of aliphatic hydroxyl groups is 1. The van der Waals surface area contributed by atoms with Crippen molar-refractivity contribution in [3.8, 4) is 0 Å². The lowest BCUT2D eigenvalue weighted by molar-refractivity contribution is 0.0706. The Morgan fingerprint density at radius 2 is 2.04 bits per heavy atom. The van der Waals surface area contributed by atoms with Gasteiger partial charge in [-0.2, -0.15) is 0 Å². The first kappa shape index (κ1) is 17.7. The minimum Gasteiger partial charge on any atom is -0.453 e. The van der Waals surface area contributed by atoms with Crippen molar-refractivity contribution in [2.24, 2.45) is 0 Å². The van der Waals surface area contributed by atoms with Crippen LogP contribution in [0.1, 0.15) is 70.2 Å². The number of hydrogen-bond donors (Lipinski definition) is 1. The highest BCUT2D eigenvalue weighted by Gasteiger charge is 2.26. The van der Waals surface area contributed by atoms with Gasteiger partial charge in [0.05, 0.1) is 16.7 Å². The molecule has 0 bridgehead atoms. The van der Waals surface area contributed by atoms with Crippen molar-refractivity contribution >= 4 is 17.2 Å². The summed E-state index contributed by atoms with van der Waals surface area (Å²) in [5.74, 6) is 0.881. The zero-order chi connectivity index (χ0) is 17.3. The molecule has 0 aliphatic heterocycles. The molecule has 2 rings (SSSR count). The number of carbonyl (C=O) groups excluding carboxylic acids is 1. The van der Waals surface area contributed by atoms with Crippen molar-refractivity contribution in [2.75, 3.05) is 7.05 Å². The van der Waals surface area contributed by atoms with Crippen LogP contribution in [-0.4, -0.2) is 27.9 Å². The van der Waals surface area contributed by atoms with Crippen LogP contribution in [0.25, 0.3) is 0 Å². The number of thiazole rings is 1. The fraction of sp³-hybridized carbons (Fsp3) is 0.529. The van der Waals surface area contributed by atoms with E-state index in [2.05, 4.69) is 18.8 Å². The highest BCUT2D eigenvalue weighted by atomic mass is 32.1. The third-order valence-corrected chi connectivity index (χ3v) is 5.57. The number of rotatable bonds is 5. The number of carbonyl (C=O) groups is 1. The molecule has 0 saturated carbocycles. The molecule has 1 amide bonds. The molecule has 0 radical (unpaired) electrons. The van der Waals surface area contributed by atoms with Gasteiger partial charge in [-0.25, -0.2) is 4.98 Å².